The van der Waals surface area contributed by atoms with Crippen LogP contribution in [0, 0.1) is 0 Å². The number of imidazole rings is 1. The third-order valence-electron chi connectivity index (χ3n) is 2.67. The summed E-state index contributed by atoms with van der Waals surface area (Å²) in [6.45, 7) is 0. The number of nitrogens with zero attached hydrogens (tertiary/aromatic N) is 2. The number of pyridine rings is 1. The fourth-order valence-electron chi connectivity index (χ4n) is 1.72. The van der Waals surface area contributed by atoms with Gasteiger partial charge in [0.2, 0.25) is 5.56 Å². The molecular weight excluding hydrogens is 190 g/mol. The molecule has 1 aliphatic carbocycles. The van der Waals surface area contributed by atoms with Gasteiger partial charge in [0.25, 0.3) is 0 Å². The minimum absolute atomic E-state index is 0.0388. The maximum absolute atomic E-state index is 11.4. The van der Waals surface area contributed by atoms with E-state index in [1.54, 1.807) is 18.6 Å². The van der Waals surface area contributed by atoms with Gasteiger partial charge in [0.1, 0.15) is 0 Å². The quantitative estimate of drug-likeness (QED) is 0.799. The number of aromatic nitrogens is 3. The lowest BCUT2D eigenvalue weighted by molar-refractivity contribution is 0.965. The Labute approximate surface area is 86.6 Å². The van der Waals surface area contributed by atoms with Crippen molar-refractivity contribution in [2.45, 2.75) is 18.8 Å². The van der Waals surface area contributed by atoms with Crippen molar-refractivity contribution in [3.8, 4) is 5.69 Å². The van der Waals surface area contributed by atoms with E-state index >= 15 is 0 Å². The number of H-pyrrole nitrogens is 1. The van der Waals surface area contributed by atoms with Crippen molar-refractivity contribution in [2.24, 2.45) is 0 Å². The van der Waals surface area contributed by atoms with Gasteiger partial charge in [0.15, 0.2) is 0 Å². The maximum atomic E-state index is 11.4. The van der Waals surface area contributed by atoms with Gasteiger partial charge in [-0.2, -0.15) is 0 Å². The van der Waals surface area contributed by atoms with E-state index in [9.17, 15) is 4.79 Å². The zero-order valence-electron chi connectivity index (χ0n) is 8.18. The van der Waals surface area contributed by atoms with Gasteiger partial charge in [0, 0.05) is 24.2 Å². The minimum atomic E-state index is -0.0388. The molecule has 0 aliphatic heterocycles. The molecule has 1 fully saturated rings. The normalized spacial score (nSPS) is 15.5. The summed E-state index contributed by atoms with van der Waals surface area (Å²) in [5.41, 5.74) is 1.90. The third-order valence-corrected chi connectivity index (χ3v) is 2.67. The summed E-state index contributed by atoms with van der Waals surface area (Å²) in [7, 11) is 0. The van der Waals surface area contributed by atoms with E-state index in [4.69, 9.17) is 0 Å². The molecule has 0 unspecified atom stereocenters. The van der Waals surface area contributed by atoms with Gasteiger partial charge >= 0.3 is 0 Å². The van der Waals surface area contributed by atoms with Crippen LogP contribution < -0.4 is 5.56 Å². The van der Waals surface area contributed by atoms with Crippen molar-refractivity contribution in [1.29, 1.82) is 0 Å². The Morgan fingerprint density at radius 2 is 2.27 bits per heavy atom. The van der Waals surface area contributed by atoms with Gasteiger partial charge in [0.05, 0.1) is 12.0 Å². The maximum Gasteiger partial charge on any atom is 0.250 e. The van der Waals surface area contributed by atoms with Crippen molar-refractivity contribution < 1.29 is 0 Å². The average Bonchev–Trinajstić information content (AvgIpc) is 2.93. The van der Waals surface area contributed by atoms with Gasteiger partial charge < -0.3 is 9.55 Å². The molecular formula is C11H11N3O. The molecule has 0 bridgehead atoms. The van der Waals surface area contributed by atoms with E-state index in [1.165, 1.54) is 12.8 Å². The third kappa shape index (κ3) is 1.58. The SMILES string of the molecule is O=c1cc(-n2ccnc2)cc(C2CC2)[nH]1. The van der Waals surface area contributed by atoms with Crippen LogP contribution in [0.15, 0.2) is 35.6 Å². The van der Waals surface area contributed by atoms with Crippen LogP contribution in [0.4, 0.5) is 0 Å². The highest BCUT2D eigenvalue weighted by atomic mass is 16.1. The largest absolute Gasteiger partial charge is 0.326 e. The van der Waals surface area contributed by atoms with E-state index in [1.807, 2.05) is 16.8 Å². The summed E-state index contributed by atoms with van der Waals surface area (Å²) in [5.74, 6) is 0.557. The van der Waals surface area contributed by atoms with E-state index in [2.05, 4.69) is 9.97 Å². The molecule has 0 aromatic carbocycles. The molecule has 2 heterocycles. The van der Waals surface area contributed by atoms with Crippen LogP contribution in [0.2, 0.25) is 0 Å². The molecule has 0 spiro atoms. The lowest BCUT2D eigenvalue weighted by Crippen LogP contribution is -2.09. The summed E-state index contributed by atoms with van der Waals surface area (Å²) < 4.78 is 1.85. The number of aromatic amines is 1. The lowest BCUT2D eigenvalue weighted by atomic mass is 10.2. The first-order valence-electron chi connectivity index (χ1n) is 5.05. The van der Waals surface area contributed by atoms with E-state index in [-0.39, 0.29) is 5.56 Å². The smallest absolute Gasteiger partial charge is 0.250 e. The first-order valence-corrected chi connectivity index (χ1v) is 5.05. The molecule has 0 atom stereocenters. The van der Waals surface area contributed by atoms with Crippen LogP contribution in [0.3, 0.4) is 0 Å². The molecule has 1 aliphatic rings. The fourth-order valence-corrected chi connectivity index (χ4v) is 1.72. The Bertz CT molecular complexity index is 523. The van der Waals surface area contributed by atoms with Crippen molar-refractivity contribution in [1.82, 2.24) is 14.5 Å². The molecule has 15 heavy (non-hydrogen) atoms. The molecule has 1 saturated carbocycles. The van der Waals surface area contributed by atoms with Gasteiger partial charge in [-0.1, -0.05) is 0 Å². The Kier molecular flexibility index (Phi) is 1.74. The standard InChI is InChI=1S/C11H11N3O/c15-11-6-9(14-4-3-12-7-14)5-10(13-11)8-1-2-8/h3-8H,1-2H2,(H,13,15). The first kappa shape index (κ1) is 8.47. The van der Waals surface area contributed by atoms with Crippen molar-refractivity contribution in [3.63, 3.8) is 0 Å². The predicted octanol–water partition coefficient (Wildman–Crippen LogP) is 1.44. The summed E-state index contributed by atoms with van der Waals surface area (Å²) in [4.78, 5) is 18.3. The van der Waals surface area contributed by atoms with E-state index in [0.717, 1.165) is 11.4 Å². The van der Waals surface area contributed by atoms with Crippen molar-refractivity contribution in [2.75, 3.05) is 0 Å². The molecule has 1 N–H and O–H groups in total. The predicted molar refractivity (Wildman–Crippen MR) is 56.2 cm³/mol. The number of nitrogens with one attached hydrogen (secondary N) is 1. The second kappa shape index (κ2) is 3.08. The van der Waals surface area contributed by atoms with Gasteiger partial charge in [-0.05, 0) is 24.8 Å². The summed E-state index contributed by atoms with van der Waals surface area (Å²) >= 11 is 0. The zero-order chi connectivity index (χ0) is 10.3. The molecule has 2 aromatic heterocycles. The molecule has 4 heteroatoms. The highest BCUT2D eigenvalue weighted by Crippen LogP contribution is 2.38. The first-order chi connectivity index (χ1) is 7.33. The van der Waals surface area contributed by atoms with Crippen LogP contribution in [0.1, 0.15) is 24.5 Å². The van der Waals surface area contributed by atoms with Gasteiger partial charge in [-0.15, -0.1) is 0 Å². The Balaban J connectivity index is 2.11. The monoisotopic (exact) mass is 201 g/mol. The number of hydrogen-bond donors (Lipinski definition) is 1. The molecule has 2 aromatic rings. The summed E-state index contributed by atoms with van der Waals surface area (Å²) in [6.07, 6.45) is 7.61. The highest BCUT2D eigenvalue weighted by molar-refractivity contribution is 5.34. The Hall–Kier alpha value is -1.84. The van der Waals surface area contributed by atoms with Crippen molar-refractivity contribution in [3.05, 3.63) is 46.9 Å². The van der Waals surface area contributed by atoms with Crippen LogP contribution in [0.5, 0.6) is 0 Å². The molecule has 0 amide bonds. The number of hydrogen-bond acceptors (Lipinski definition) is 2. The van der Waals surface area contributed by atoms with Crippen LogP contribution in [0.25, 0.3) is 5.69 Å². The van der Waals surface area contributed by atoms with Crippen LogP contribution in [-0.2, 0) is 0 Å². The number of rotatable bonds is 2. The Morgan fingerprint density at radius 1 is 1.40 bits per heavy atom. The Morgan fingerprint density at radius 3 is 2.93 bits per heavy atom. The van der Waals surface area contributed by atoms with Gasteiger partial charge in [-0.3, -0.25) is 4.79 Å². The van der Waals surface area contributed by atoms with Gasteiger partial charge in [-0.25, -0.2) is 4.98 Å². The second-order valence-electron chi connectivity index (χ2n) is 3.90. The van der Waals surface area contributed by atoms with E-state index < -0.39 is 0 Å². The second-order valence-corrected chi connectivity index (χ2v) is 3.90. The molecule has 0 saturated heterocycles. The molecule has 76 valence electrons. The van der Waals surface area contributed by atoms with E-state index in [0.29, 0.717) is 5.92 Å². The van der Waals surface area contributed by atoms with Crippen LogP contribution >= 0.6 is 0 Å². The average molecular weight is 201 g/mol. The minimum Gasteiger partial charge on any atom is -0.326 e. The molecule has 3 rings (SSSR count). The highest BCUT2D eigenvalue weighted by Gasteiger charge is 2.24. The van der Waals surface area contributed by atoms with Crippen LogP contribution in [-0.4, -0.2) is 14.5 Å². The topological polar surface area (TPSA) is 50.7 Å². The van der Waals surface area contributed by atoms with Crippen molar-refractivity contribution >= 4 is 0 Å². The zero-order valence-corrected chi connectivity index (χ0v) is 8.18. The molecule has 0 radical (unpaired) electrons. The summed E-state index contributed by atoms with van der Waals surface area (Å²) in [5, 5.41) is 0. The lowest BCUT2D eigenvalue weighted by Gasteiger charge is -2.04. The summed E-state index contributed by atoms with van der Waals surface area (Å²) in [6, 6.07) is 3.62. The fraction of sp³-hybridized carbons (Fsp3) is 0.273. The molecule has 4 nitrogen and oxygen atoms in total.